The zero-order valence-electron chi connectivity index (χ0n) is 11.8. The van der Waals surface area contributed by atoms with Crippen LogP contribution in [-0.4, -0.2) is 18.6 Å². The van der Waals surface area contributed by atoms with Gasteiger partial charge in [0.1, 0.15) is 11.9 Å². The first-order chi connectivity index (χ1) is 10.2. The highest BCUT2D eigenvalue weighted by molar-refractivity contribution is 6.31. The van der Waals surface area contributed by atoms with Gasteiger partial charge < -0.3 is 9.64 Å². The molecule has 1 aliphatic rings. The van der Waals surface area contributed by atoms with E-state index in [1.165, 1.54) is 0 Å². The molecule has 108 valence electrons. The maximum atomic E-state index is 12.8. The lowest BCUT2D eigenvalue weighted by molar-refractivity contribution is 0.0954. The van der Waals surface area contributed by atoms with Gasteiger partial charge in [-0.1, -0.05) is 36.7 Å². The predicted octanol–water partition coefficient (Wildman–Crippen LogP) is 4.16. The van der Waals surface area contributed by atoms with Crippen molar-refractivity contribution in [3.05, 3.63) is 59.1 Å². The highest BCUT2D eigenvalue weighted by Gasteiger charge is 2.29. The Morgan fingerprint density at radius 1 is 1.29 bits per heavy atom. The van der Waals surface area contributed by atoms with E-state index in [1.54, 1.807) is 29.2 Å². The standard InChI is InChI=1S/C17H16ClNO2/c1-2-14-11-19(15-8-3-4-9-16(15)21-14)17(20)12-6-5-7-13(18)10-12/h3-10,14H,2,11H2,1H3. The van der Waals surface area contributed by atoms with E-state index in [1.807, 2.05) is 24.3 Å². The van der Waals surface area contributed by atoms with Gasteiger partial charge in [-0.05, 0) is 36.8 Å². The van der Waals surface area contributed by atoms with Gasteiger partial charge in [0.2, 0.25) is 0 Å². The van der Waals surface area contributed by atoms with Crippen LogP contribution in [0.15, 0.2) is 48.5 Å². The van der Waals surface area contributed by atoms with Crippen molar-refractivity contribution in [3.63, 3.8) is 0 Å². The Kier molecular flexibility index (Phi) is 3.84. The third-order valence-electron chi connectivity index (χ3n) is 3.61. The van der Waals surface area contributed by atoms with Crippen molar-refractivity contribution in [3.8, 4) is 5.75 Å². The molecule has 0 fully saturated rings. The second-order valence-electron chi connectivity index (χ2n) is 5.04. The molecule has 1 aliphatic heterocycles. The molecule has 1 unspecified atom stereocenters. The lowest BCUT2D eigenvalue weighted by Gasteiger charge is -2.34. The molecule has 3 rings (SSSR count). The number of rotatable bonds is 2. The summed E-state index contributed by atoms with van der Waals surface area (Å²) in [5.74, 6) is 0.706. The average molecular weight is 302 g/mol. The van der Waals surface area contributed by atoms with Crippen LogP contribution in [0.3, 0.4) is 0 Å². The number of halogens is 1. The maximum absolute atomic E-state index is 12.8. The molecular weight excluding hydrogens is 286 g/mol. The second kappa shape index (κ2) is 5.78. The summed E-state index contributed by atoms with van der Waals surface area (Å²) in [6.45, 7) is 2.61. The number of amides is 1. The van der Waals surface area contributed by atoms with Gasteiger partial charge >= 0.3 is 0 Å². The van der Waals surface area contributed by atoms with Crippen LogP contribution in [0.4, 0.5) is 5.69 Å². The number of carbonyl (C=O) groups is 1. The maximum Gasteiger partial charge on any atom is 0.258 e. The Morgan fingerprint density at radius 2 is 2.10 bits per heavy atom. The molecule has 0 bridgehead atoms. The number of fused-ring (bicyclic) bond motifs is 1. The van der Waals surface area contributed by atoms with Crippen LogP contribution in [0.2, 0.25) is 5.02 Å². The van der Waals surface area contributed by atoms with Crippen LogP contribution < -0.4 is 9.64 Å². The summed E-state index contributed by atoms with van der Waals surface area (Å²) in [5.41, 5.74) is 1.40. The van der Waals surface area contributed by atoms with E-state index >= 15 is 0 Å². The fourth-order valence-corrected chi connectivity index (χ4v) is 2.67. The third kappa shape index (κ3) is 2.74. The molecule has 0 aliphatic carbocycles. The highest BCUT2D eigenvalue weighted by Crippen LogP contribution is 2.34. The third-order valence-corrected chi connectivity index (χ3v) is 3.84. The van der Waals surface area contributed by atoms with E-state index in [0.717, 1.165) is 17.9 Å². The summed E-state index contributed by atoms with van der Waals surface area (Å²) in [6, 6.07) is 14.7. The molecule has 0 saturated heterocycles. The molecule has 0 aromatic heterocycles. The zero-order valence-corrected chi connectivity index (χ0v) is 12.5. The van der Waals surface area contributed by atoms with Gasteiger partial charge in [0, 0.05) is 10.6 Å². The topological polar surface area (TPSA) is 29.5 Å². The van der Waals surface area contributed by atoms with Crippen molar-refractivity contribution < 1.29 is 9.53 Å². The van der Waals surface area contributed by atoms with Crippen molar-refractivity contribution >= 4 is 23.2 Å². The first-order valence-electron chi connectivity index (χ1n) is 7.02. The van der Waals surface area contributed by atoms with Gasteiger partial charge in [-0.15, -0.1) is 0 Å². The average Bonchev–Trinajstić information content (AvgIpc) is 2.53. The zero-order chi connectivity index (χ0) is 14.8. The SMILES string of the molecule is CCC1CN(C(=O)c2cccc(Cl)c2)c2ccccc2O1. The molecule has 0 saturated carbocycles. The summed E-state index contributed by atoms with van der Waals surface area (Å²) in [6.07, 6.45) is 0.872. The van der Waals surface area contributed by atoms with Gasteiger partial charge in [-0.3, -0.25) is 4.79 Å². The molecule has 1 atom stereocenters. The molecule has 0 spiro atoms. The lowest BCUT2D eigenvalue weighted by Crippen LogP contribution is -2.43. The minimum Gasteiger partial charge on any atom is -0.486 e. The van der Waals surface area contributed by atoms with E-state index in [0.29, 0.717) is 17.1 Å². The number of nitrogens with zero attached hydrogens (tertiary/aromatic N) is 1. The number of ether oxygens (including phenoxy) is 1. The molecule has 2 aromatic rings. The normalized spacial score (nSPS) is 17.0. The summed E-state index contributed by atoms with van der Waals surface area (Å²) < 4.78 is 5.90. The van der Waals surface area contributed by atoms with Crippen LogP contribution in [0.5, 0.6) is 5.75 Å². The second-order valence-corrected chi connectivity index (χ2v) is 5.48. The first kappa shape index (κ1) is 14.0. The number of para-hydroxylation sites is 2. The predicted molar refractivity (Wildman–Crippen MR) is 84.3 cm³/mol. The Labute approximate surface area is 129 Å². The van der Waals surface area contributed by atoms with Crippen molar-refractivity contribution in [2.45, 2.75) is 19.4 Å². The van der Waals surface area contributed by atoms with E-state index in [4.69, 9.17) is 16.3 Å². The molecule has 0 N–H and O–H groups in total. The Morgan fingerprint density at radius 3 is 2.86 bits per heavy atom. The summed E-state index contributed by atoms with van der Waals surface area (Å²) in [4.78, 5) is 14.6. The largest absolute Gasteiger partial charge is 0.486 e. The molecule has 3 nitrogen and oxygen atoms in total. The highest BCUT2D eigenvalue weighted by atomic mass is 35.5. The number of benzene rings is 2. The fraction of sp³-hybridized carbons (Fsp3) is 0.235. The molecule has 2 aromatic carbocycles. The molecule has 1 heterocycles. The van der Waals surface area contributed by atoms with E-state index in [-0.39, 0.29) is 12.0 Å². The van der Waals surface area contributed by atoms with Gasteiger partial charge in [-0.2, -0.15) is 0 Å². The van der Waals surface area contributed by atoms with Crippen LogP contribution in [0, 0.1) is 0 Å². The fourth-order valence-electron chi connectivity index (χ4n) is 2.48. The molecule has 1 amide bonds. The smallest absolute Gasteiger partial charge is 0.258 e. The number of hydrogen-bond acceptors (Lipinski definition) is 2. The molecule has 21 heavy (non-hydrogen) atoms. The summed E-state index contributed by atoms with van der Waals surface area (Å²) in [7, 11) is 0. The van der Waals surface area contributed by atoms with Crippen LogP contribution in [0.1, 0.15) is 23.7 Å². The van der Waals surface area contributed by atoms with Crippen molar-refractivity contribution in [2.75, 3.05) is 11.4 Å². The van der Waals surface area contributed by atoms with E-state index in [2.05, 4.69) is 6.92 Å². The summed E-state index contributed by atoms with van der Waals surface area (Å²) >= 11 is 5.99. The van der Waals surface area contributed by atoms with Crippen molar-refractivity contribution in [1.29, 1.82) is 0 Å². The van der Waals surface area contributed by atoms with Gasteiger partial charge in [0.15, 0.2) is 0 Å². The Bertz CT molecular complexity index is 671. The van der Waals surface area contributed by atoms with Gasteiger partial charge in [0.05, 0.1) is 12.2 Å². The Balaban J connectivity index is 1.99. The number of hydrogen-bond donors (Lipinski definition) is 0. The number of anilines is 1. The molecule has 0 radical (unpaired) electrons. The summed E-state index contributed by atoms with van der Waals surface area (Å²) in [5, 5.41) is 0.564. The van der Waals surface area contributed by atoms with Gasteiger partial charge in [-0.25, -0.2) is 0 Å². The van der Waals surface area contributed by atoms with E-state index < -0.39 is 0 Å². The minimum atomic E-state index is -0.0494. The van der Waals surface area contributed by atoms with Crippen LogP contribution in [0.25, 0.3) is 0 Å². The van der Waals surface area contributed by atoms with Crippen molar-refractivity contribution in [1.82, 2.24) is 0 Å². The molecular formula is C17H16ClNO2. The lowest BCUT2D eigenvalue weighted by atomic mass is 10.1. The van der Waals surface area contributed by atoms with Gasteiger partial charge in [0.25, 0.3) is 5.91 Å². The molecule has 4 heteroatoms. The van der Waals surface area contributed by atoms with E-state index in [9.17, 15) is 4.79 Å². The van der Waals surface area contributed by atoms with Crippen LogP contribution >= 0.6 is 11.6 Å². The quantitative estimate of drug-likeness (QED) is 0.833. The monoisotopic (exact) mass is 301 g/mol. The minimum absolute atomic E-state index is 0.0167. The first-order valence-corrected chi connectivity index (χ1v) is 7.40. The van der Waals surface area contributed by atoms with Crippen molar-refractivity contribution in [2.24, 2.45) is 0 Å². The van der Waals surface area contributed by atoms with Crippen LogP contribution in [-0.2, 0) is 0 Å². The number of carbonyl (C=O) groups excluding carboxylic acids is 1. The Hall–Kier alpha value is -2.00.